The molecular weight excluding hydrogens is 222 g/mol. The van der Waals surface area contributed by atoms with Crippen LogP contribution >= 0.6 is 11.6 Å². The number of carboxylic acid groups (broad SMARTS) is 1. The number of hydrogen-bond acceptors (Lipinski definition) is 3. The van der Waals surface area contributed by atoms with Gasteiger partial charge in [0, 0.05) is 12.1 Å². The van der Waals surface area contributed by atoms with Gasteiger partial charge in [-0.2, -0.15) is 0 Å². The number of non-ortho nitro benzene ring substituents is 1. The molecule has 0 heterocycles. The molecule has 6 heteroatoms. The highest BCUT2D eigenvalue weighted by atomic mass is 35.5. The largest absolute Gasteiger partial charge is 0.478 e. The van der Waals surface area contributed by atoms with Gasteiger partial charge in [-0.15, -0.1) is 0 Å². The molecule has 0 aliphatic heterocycles. The summed E-state index contributed by atoms with van der Waals surface area (Å²) < 4.78 is 0. The number of carbonyl (C=O) groups is 1. The van der Waals surface area contributed by atoms with Gasteiger partial charge in [-0.25, -0.2) is 4.79 Å². The maximum atomic E-state index is 10.8. The summed E-state index contributed by atoms with van der Waals surface area (Å²) in [6.07, 6.45) is 0.445. The van der Waals surface area contributed by atoms with Crippen molar-refractivity contribution >= 4 is 23.3 Å². The van der Waals surface area contributed by atoms with Crippen LogP contribution in [-0.2, 0) is 6.42 Å². The molecule has 1 rings (SSSR count). The average Bonchev–Trinajstić information content (AvgIpc) is 2.17. The Labute approximate surface area is 90.4 Å². The lowest BCUT2D eigenvalue weighted by molar-refractivity contribution is -0.384. The van der Waals surface area contributed by atoms with Crippen molar-refractivity contribution in [2.75, 3.05) is 0 Å². The summed E-state index contributed by atoms with van der Waals surface area (Å²) >= 11 is 5.78. The number of nitrogens with zero attached hydrogens (tertiary/aromatic N) is 1. The third kappa shape index (κ3) is 2.24. The van der Waals surface area contributed by atoms with E-state index in [1.807, 2.05) is 0 Å². The average molecular weight is 230 g/mol. The van der Waals surface area contributed by atoms with E-state index in [4.69, 9.17) is 16.7 Å². The Balaban J connectivity index is 3.45. The lowest BCUT2D eigenvalue weighted by Gasteiger charge is -2.04. The summed E-state index contributed by atoms with van der Waals surface area (Å²) in [4.78, 5) is 20.6. The monoisotopic (exact) mass is 229 g/mol. The number of carboxylic acids is 1. The van der Waals surface area contributed by atoms with Crippen LogP contribution in [0.4, 0.5) is 5.69 Å². The first kappa shape index (κ1) is 11.5. The molecule has 1 N–H and O–H groups in total. The lowest BCUT2D eigenvalue weighted by Crippen LogP contribution is -2.02. The van der Waals surface area contributed by atoms with Crippen LogP contribution in [0.25, 0.3) is 0 Å². The quantitative estimate of drug-likeness (QED) is 0.638. The summed E-state index contributed by atoms with van der Waals surface area (Å²) in [6.45, 7) is 1.75. The van der Waals surface area contributed by atoms with E-state index in [9.17, 15) is 14.9 Å². The zero-order valence-corrected chi connectivity index (χ0v) is 8.61. The second-order valence-electron chi connectivity index (χ2n) is 2.88. The number of halogens is 1. The first-order valence-electron chi connectivity index (χ1n) is 4.17. The van der Waals surface area contributed by atoms with Crippen LogP contribution in [-0.4, -0.2) is 16.0 Å². The van der Waals surface area contributed by atoms with E-state index in [0.717, 1.165) is 6.07 Å². The Bertz CT molecular complexity index is 430. The maximum absolute atomic E-state index is 10.8. The molecule has 1 aromatic rings. The molecular formula is C9H8ClNO4. The molecule has 0 fully saturated rings. The van der Waals surface area contributed by atoms with Crippen LogP contribution in [0, 0.1) is 10.1 Å². The zero-order chi connectivity index (χ0) is 11.6. The molecule has 0 saturated heterocycles. The summed E-state index contributed by atoms with van der Waals surface area (Å²) in [6, 6.07) is 2.25. The van der Waals surface area contributed by atoms with Crippen molar-refractivity contribution in [1.82, 2.24) is 0 Å². The van der Waals surface area contributed by atoms with Gasteiger partial charge in [-0.1, -0.05) is 18.5 Å². The number of nitro groups is 1. The van der Waals surface area contributed by atoms with Crippen molar-refractivity contribution in [3.05, 3.63) is 38.4 Å². The van der Waals surface area contributed by atoms with Gasteiger partial charge >= 0.3 is 5.97 Å². The molecule has 0 aromatic heterocycles. The van der Waals surface area contributed by atoms with Gasteiger partial charge in [0.1, 0.15) is 0 Å². The van der Waals surface area contributed by atoms with Crippen LogP contribution in [0.5, 0.6) is 0 Å². The molecule has 0 amide bonds. The summed E-state index contributed by atoms with van der Waals surface area (Å²) in [7, 11) is 0. The first-order valence-corrected chi connectivity index (χ1v) is 4.55. The number of aromatic carboxylic acids is 1. The van der Waals surface area contributed by atoms with Crippen molar-refractivity contribution in [2.45, 2.75) is 13.3 Å². The Kier molecular flexibility index (Phi) is 3.26. The van der Waals surface area contributed by atoms with Gasteiger partial charge in [-0.05, 0) is 12.0 Å². The van der Waals surface area contributed by atoms with Crippen LogP contribution in [0.15, 0.2) is 12.1 Å². The highest BCUT2D eigenvalue weighted by Crippen LogP contribution is 2.27. The predicted molar refractivity (Wildman–Crippen MR) is 54.4 cm³/mol. The second kappa shape index (κ2) is 4.27. The van der Waals surface area contributed by atoms with Crippen molar-refractivity contribution in [3.63, 3.8) is 0 Å². The molecule has 1 aromatic carbocycles. The van der Waals surface area contributed by atoms with E-state index < -0.39 is 10.9 Å². The Morgan fingerprint density at radius 2 is 2.20 bits per heavy atom. The minimum atomic E-state index is -1.27. The lowest BCUT2D eigenvalue weighted by atomic mass is 10.1. The number of aryl methyl sites for hydroxylation is 1. The fourth-order valence-corrected chi connectivity index (χ4v) is 1.51. The van der Waals surface area contributed by atoms with Crippen LogP contribution in [0.2, 0.25) is 5.02 Å². The van der Waals surface area contributed by atoms with Crippen molar-refractivity contribution in [3.8, 4) is 0 Å². The zero-order valence-electron chi connectivity index (χ0n) is 7.86. The standard InChI is InChI=1S/C9H8ClNO4/c1-2-5-3-6(11(14)15)4-7(8(5)10)9(12)13/h3-4H,2H2,1H3,(H,12,13). The highest BCUT2D eigenvalue weighted by Gasteiger charge is 2.18. The van der Waals surface area contributed by atoms with E-state index in [2.05, 4.69) is 0 Å². The summed E-state index contributed by atoms with van der Waals surface area (Å²) in [5, 5.41) is 19.4. The second-order valence-corrected chi connectivity index (χ2v) is 3.26. The van der Waals surface area contributed by atoms with Crippen LogP contribution in [0.1, 0.15) is 22.8 Å². The van der Waals surface area contributed by atoms with E-state index in [1.165, 1.54) is 6.07 Å². The van der Waals surface area contributed by atoms with Gasteiger partial charge < -0.3 is 5.11 Å². The molecule has 0 aliphatic rings. The molecule has 5 nitrogen and oxygen atoms in total. The summed E-state index contributed by atoms with van der Waals surface area (Å²) in [5.74, 6) is -1.27. The number of nitro benzene ring substituents is 1. The Hall–Kier alpha value is -1.62. The Morgan fingerprint density at radius 3 is 2.60 bits per heavy atom. The van der Waals surface area contributed by atoms with E-state index >= 15 is 0 Å². The molecule has 0 radical (unpaired) electrons. The molecule has 0 aliphatic carbocycles. The van der Waals surface area contributed by atoms with Gasteiger partial charge in [0.2, 0.25) is 0 Å². The first-order chi connectivity index (χ1) is 6.97. The van der Waals surface area contributed by atoms with Gasteiger partial charge in [-0.3, -0.25) is 10.1 Å². The predicted octanol–water partition coefficient (Wildman–Crippen LogP) is 2.51. The van der Waals surface area contributed by atoms with E-state index in [0.29, 0.717) is 12.0 Å². The molecule has 15 heavy (non-hydrogen) atoms. The summed E-state index contributed by atoms with van der Waals surface area (Å²) in [5.41, 5.74) is -0.0281. The number of hydrogen-bond donors (Lipinski definition) is 1. The smallest absolute Gasteiger partial charge is 0.337 e. The molecule has 0 atom stereocenters. The SMILES string of the molecule is CCc1cc([N+](=O)[O-])cc(C(=O)O)c1Cl. The van der Waals surface area contributed by atoms with E-state index in [1.54, 1.807) is 6.92 Å². The topological polar surface area (TPSA) is 80.4 Å². The van der Waals surface area contributed by atoms with E-state index in [-0.39, 0.29) is 16.3 Å². The van der Waals surface area contributed by atoms with Gasteiger partial charge in [0.05, 0.1) is 15.5 Å². The maximum Gasteiger partial charge on any atom is 0.337 e. The van der Waals surface area contributed by atoms with Gasteiger partial charge in [0.25, 0.3) is 5.69 Å². The Morgan fingerprint density at radius 1 is 1.60 bits per heavy atom. The molecule has 0 unspecified atom stereocenters. The normalized spacial score (nSPS) is 10.0. The molecule has 0 spiro atoms. The number of benzene rings is 1. The van der Waals surface area contributed by atoms with Crippen molar-refractivity contribution in [1.29, 1.82) is 0 Å². The van der Waals surface area contributed by atoms with Crippen LogP contribution < -0.4 is 0 Å². The van der Waals surface area contributed by atoms with Gasteiger partial charge in [0.15, 0.2) is 0 Å². The molecule has 0 saturated carbocycles. The van der Waals surface area contributed by atoms with Crippen molar-refractivity contribution in [2.24, 2.45) is 0 Å². The fourth-order valence-electron chi connectivity index (χ4n) is 1.19. The molecule has 0 bridgehead atoms. The molecule has 80 valence electrons. The minimum absolute atomic E-state index is 0.0654. The van der Waals surface area contributed by atoms with Crippen molar-refractivity contribution < 1.29 is 14.8 Å². The number of rotatable bonds is 3. The highest BCUT2D eigenvalue weighted by molar-refractivity contribution is 6.34. The fraction of sp³-hybridized carbons (Fsp3) is 0.222. The minimum Gasteiger partial charge on any atom is -0.478 e. The third-order valence-corrected chi connectivity index (χ3v) is 2.40. The van der Waals surface area contributed by atoms with Crippen LogP contribution in [0.3, 0.4) is 0 Å². The third-order valence-electron chi connectivity index (χ3n) is 1.95.